The fourth-order valence-electron chi connectivity index (χ4n) is 1.32. The molecule has 84 valence electrons. The normalized spacial score (nSPS) is 11.9. The number of carbonyl (C=O) groups excluding carboxylic acids is 1. The van der Waals surface area contributed by atoms with Crippen LogP contribution < -0.4 is 4.74 Å². The molecule has 0 heterocycles. The Hall–Kier alpha value is -1.86. The molecule has 4 nitrogen and oxygen atoms in total. The lowest BCUT2D eigenvalue weighted by atomic mass is 10.0. The van der Waals surface area contributed by atoms with E-state index in [9.17, 15) is 4.79 Å². The van der Waals surface area contributed by atoms with E-state index in [2.05, 4.69) is 0 Å². The summed E-state index contributed by atoms with van der Waals surface area (Å²) < 4.78 is 5.00. The summed E-state index contributed by atoms with van der Waals surface area (Å²) in [5.41, 5.74) is 0.515. The maximum Gasteiger partial charge on any atom is 0.194 e. The van der Waals surface area contributed by atoms with Crippen LogP contribution in [0.2, 0.25) is 0 Å². The number of ketones is 1. The van der Waals surface area contributed by atoms with E-state index in [0.29, 0.717) is 11.3 Å². The van der Waals surface area contributed by atoms with E-state index in [1.807, 2.05) is 6.07 Å². The number of hydrogen-bond acceptors (Lipinski definition) is 4. The quantitative estimate of drug-likeness (QED) is 0.715. The highest BCUT2D eigenvalue weighted by Gasteiger charge is 2.21. The molecule has 4 heteroatoms. The molecule has 0 N–H and O–H groups in total. The van der Waals surface area contributed by atoms with Crippen molar-refractivity contribution in [2.75, 3.05) is 21.2 Å². The summed E-state index contributed by atoms with van der Waals surface area (Å²) in [4.78, 5) is 13.5. The van der Waals surface area contributed by atoms with Crippen LogP contribution in [0.25, 0.3) is 0 Å². The number of nitrogens with zero attached hydrogens (tertiary/aromatic N) is 2. The number of Topliss-reactive ketones (excluding diaryl/α,β-unsaturated/α-hetero) is 1. The highest BCUT2D eigenvalue weighted by Crippen LogP contribution is 2.13. The molecule has 0 aliphatic heterocycles. The van der Waals surface area contributed by atoms with Crippen molar-refractivity contribution in [2.24, 2.45) is 0 Å². The third-order valence-electron chi connectivity index (χ3n) is 2.26. The molecule has 1 aromatic carbocycles. The summed E-state index contributed by atoms with van der Waals surface area (Å²) in [7, 11) is 4.97. The van der Waals surface area contributed by atoms with Crippen LogP contribution in [-0.4, -0.2) is 37.9 Å². The summed E-state index contributed by atoms with van der Waals surface area (Å²) >= 11 is 0. The van der Waals surface area contributed by atoms with Gasteiger partial charge in [0.15, 0.2) is 11.8 Å². The second-order valence-corrected chi connectivity index (χ2v) is 3.59. The van der Waals surface area contributed by atoms with Crippen molar-refractivity contribution in [1.29, 1.82) is 5.26 Å². The molecule has 0 aliphatic carbocycles. The number of nitriles is 1. The molecule has 1 atom stereocenters. The number of hydrogen-bond donors (Lipinski definition) is 0. The Balaban J connectivity index is 2.92. The maximum absolute atomic E-state index is 11.9. The van der Waals surface area contributed by atoms with Crippen LogP contribution in [0.3, 0.4) is 0 Å². The zero-order chi connectivity index (χ0) is 12.1. The fourth-order valence-corrected chi connectivity index (χ4v) is 1.32. The Bertz CT molecular complexity index is 404. The summed E-state index contributed by atoms with van der Waals surface area (Å²) in [6.45, 7) is 0. The van der Waals surface area contributed by atoms with Gasteiger partial charge in [0.1, 0.15) is 5.75 Å². The number of carbonyl (C=O) groups is 1. The van der Waals surface area contributed by atoms with Crippen molar-refractivity contribution >= 4 is 5.78 Å². The highest BCUT2D eigenvalue weighted by atomic mass is 16.5. The molecule has 0 fully saturated rings. The van der Waals surface area contributed by atoms with Crippen molar-refractivity contribution in [3.8, 4) is 11.8 Å². The van der Waals surface area contributed by atoms with Gasteiger partial charge in [0.25, 0.3) is 0 Å². The summed E-state index contributed by atoms with van der Waals surface area (Å²) in [6, 6.07) is 7.97. The molecular weight excluding hydrogens is 204 g/mol. The maximum atomic E-state index is 11.9. The first kappa shape index (κ1) is 12.2. The second kappa shape index (κ2) is 5.29. The molecule has 16 heavy (non-hydrogen) atoms. The summed E-state index contributed by atoms with van der Waals surface area (Å²) in [5.74, 6) is 0.491. The zero-order valence-electron chi connectivity index (χ0n) is 9.60. The molecule has 0 saturated heterocycles. The van der Waals surface area contributed by atoms with Gasteiger partial charge >= 0.3 is 0 Å². The molecule has 0 spiro atoms. The number of likely N-dealkylation sites (N-methyl/N-ethyl adjacent to an activating group) is 1. The average Bonchev–Trinajstić information content (AvgIpc) is 2.29. The minimum Gasteiger partial charge on any atom is -0.497 e. The topological polar surface area (TPSA) is 53.3 Å². The van der Waals surface area contributed by atoms with Crippen LogP contribution in [0.15, 0.2) is 24.3 Å². The van der Waals surface area contributed by atoms with Crippen molar-refractivity contribution in [3.63, 3.8) is 0 Å². The van der Waals surface area contributed by atoms with Gasteiger partial charge in [-0.25, -0.2) is 0 Å². The first-order chi connectivity index (χ1) is 7.60. The molecule has 0 aromatic heterocycles. The van der Waals surface area contributed by atoms with Gasteiger partial charge in [0.2, 0.25) is 0 Å². The van der Waals surface area contributed by atoms with Gasteiger partial charge in [-0.15, -0.1) is 0 Å². The van der Waals surface area contributed by atoms with Crippen molar-refractivity contribution in [2.45, 2.75) is 6.04 Å². The van der Waals surface area contributed by atoms with Gasteiger partial charge < -0.3 is 4.74 Å². The predicted octanol–water partition coefficient (Wildman–Crippen LogP) is 1.33. The van der Waals surface area contributed by atoms with E-state index in [0.717, 1.165) is 0 Å². The second-order valence-electron chi connectivity index (χ2n) is 3.59. The lowest BCUT2D eigenvalue weighted by molar-refractivity contribution is 0.0917. The summed E-state index contributed by atoms with van der Waals surface area (Å²) in [5, 5.41) is 8.89. The molecule has 1 rings (SSSR count). The molecule has 0 amide bonds. The van der Waals surface area contributed by atoms with E-state index in [-0.39, 0.29) is 5.78 Å². The van der Waals surface area contributed by atoms with Crippen LogP contribution in [0, 0.1) is 11.3 Å². The number of rotatable bonds is 4. The SMILES string of the molecule is COc1ccc(C(=O)[C@@H](C#N)N(C)C)cc1. The molecule has 0 radical (unpaired) electrons. The van der Waals surface area contributed by atoms with Crippen LogP contribution in [0.5, 0.6) is 5.75 Å². The van der Waals surface area contributed by atoms with E-state index in [1.54, 1.807) is 50.4 Å². The fraction of sp³-hybridized carbons (Fsp3) is 0.333. The van der Waals surface area contributed by atoms with Gasteiger partial charge in [-0.3, -0.25) is 9.69 Å². The third kappa shape index (κ3) is 2.59. The monoisotopic (exact) mass is 218 g/mol. The predicted molar refractivity (Wildman–Crippen MR) is 60.4 cm³/mol. The van der Waals surface area contributed by atoms with Gasteiger partial charge in [0.05, 0.1) is 13.2 Å². The van der Waals surface area contributed by atoms with Gasteiger partial charge in [0, 0.05) is 5.56 Å². The van der Waals surface area contributed by atoms with E-state index in [4.69, 9.17) is 10.00 Å². The number of benzene rings is 1. The molecule has 1 aromatic rings. The molecule has 0 bridgehead atoms. The lowest BCUT2D eigenvalue weighted by Crippen LogP contribution is -2.34. The van der Waals surface area contributed by atoms with Gasteiger partial charge in [-0.1, -0.05) is 0 Å². The molecule has 0 aliphatic rings. The van der Waals surface area contributed by atoms with Crippen molar-refractivity contribution < 1.29 is 9.53 Å². The van der Waals surface area contributed by atoms with Crippen molar-refractivity contribution in [3.05, 3.63) is 29.8 Å². The Morgan fingerprint density at radius 3 is 2.31 bits per heavy atom. The molecule has 0 unspecified atom stereocenters. The molecular formula is C12H14N2O2. The molecule has 0 saturated carbocycles. The lowest BCUT2D eigenvalue weighted by Gasteiger charge is -2.15. The Morgan fingerprint density at radius 2 is 1.94 bits per heavy atom. The first-order valence-electron chi connectivity index (χ1n) is 4.84. The first-order valence-corrected chi connectivity index (χ1v) is 4.84. The smallest absolute Gasteiger partial charge is 0.194 e. The Labute approximate surface area is 95.0 Å². The van der Waals surface area contributed by atoms with Crippen LogP contribution in [-0.2, 0) is 0 Å². The van der Waals surface area contributed by atoms with E-state index in [1.165, 1.54) is 0 Å². The number of methoxy groups -OCH3 is 1. The summed E-state index contributed by atoms with van der Waals surface area (Å²) in [6.07, 6.45) is 0. The third-order valence-corrected chi connectivity index (χ3v) is 2.26. The van der Waals surface area contributed by atoms with Crippen LogP contribution >= 0.6 is 0 Å². The minimum atomic E-state index is -0.742. The van der Waals surface area contributed by atoms with E-state index < -0.39 is 6.04 Å². The van der Waals surface area contributed by atoms with Gasteiger partial charge in [-0.05, 0) is 38.4 Å². The minimum absolute atomic E-state index is 0.199. The average molecular weight is 218 g/mol. The Kier molecular flexibility index (Phi) is 4.03. The zero-order valence-corrected chi connectivity index (χ0v) is 9.60. The van der Waals surface area contributed by atoms with Crippen LogP contribution in [0.1, 0.15) is 10.4 Å². The Morgan fingerprint density at radius 1 is 1.38 bits per heavy atom. The van der Waals surface area contributed by atoms with Crippen LogP contribution in [0.4, 0.5) is 0 Å². The highest BCUT2D eigenvalue weighted by molar-refractivity contribution is 6.01. The standard InChI is InChI=1S/C12H14N2O2/c1-14(2)11(8-13)12(15)9-4-6-10(16-3)7-5-9/h4-7,11H,1-3H3/t11-/m1/s1. The van der Waals surface area contributed by atoms with Gasteiger partial charge in [-0.2, -0.15) is 5.26 Å². The number of ether oxygens (including phenoxy) is 1. The van der Waals surface area contributed by atoms with E-state index >= 15 is 0 Å². The largest absolute Gasteiger partial charge is 0.497 e. The van der Waals surface area contributed by atoms with Crippen molar-refractivity contribution in [1.82, 2.24) is 4.90 Å².